The van der Waals surface area contributed by atoms with Crippen molar-refractivity contribution in [2.75, 3.05) is 0 Å². The molecule has 1 aliphatic rings. The van der Waals surface area contributed by atoms with E-state index in [0.29, 0.717) is 0 Å². The summed E-state index contributed by atoms with van der Waals surface area (Å²) in [7, 11) is 0. The molecule has 0 saturated heterocycles. The van der Waals surface area contributed by atoms with Crippen molar-refractivity contribution in [1.29, 1.82) is 0 Å². The van der Waals surface area contributed by atoms with Crippen LogP contribution in [0.2, 0.25) is 0 Å². The van der Waals surface area contributed by atoms with Crippen molar-refractivity contribution in [1.82, 2.24) is 0 Å². The van der Waals surface area contributed by atoms with Crippen LogP contribution in [0, 0.1) is 18.8 Å². The molecule has 0 radical (unpaired) electrons. The third-order valence-electron chi connectivity index (χ3n) is 3.68. The summed E-state index contributed by atoms with van der Waals surface area (Å²) in [6, 6.07) is 27.1. The van der Waals surface area contributed by atoms with Crippen LogP contribution >= 0.6 is 0 Å². The largest absolute Gasteiger partial charge is 0.0931 e. The Hall–Kier alpha value is -2.78. The average Bonchev–Trinajstić information content (AvgIpc) is 2.76. The van der Waals surface area contributed by atoms with E-state index in [1.165, 1.54) is 22.3 Å². The summed E-state index contributed by atoms with van der Waals surface area (Å²) in [6.45, 7) is 2.08. The predicted molar refractivity (Wildman–Crippen MR) is 93.6 cm³/mol. The van der Waals surface area contributed by atoms with E-state index in [2.05, 4.69) is 73.4 Å². The SMILES string of the molecule is C1#Cc2ccccc2-c2ccccc2C1.Cc1ccccc1. The van der Waals surface area contributed by atoms with Gasteiger partial charge in [0.05, 0.1) is 0 Å². The maximum absolute atomic E-state index is 3.22. The van der Waals surface area contributed by atoms with E-state index in [4.69, 9.17) is 0 Å². The molecule has 0 saturated carbocycles. The lowest BCUT2D eigenvalue weighted by Gasteiger charge is -2.07. The van der Waals surface area contributed by atoms with Gasteiger partial charge in [-0.2, -0.15) is 0 Å². The number of rotatable bonds is 0. The standard InChI is InChI=1S/C15H10.C7H8/c1-3-10-14-12(6-1)8-5-9-13-7-2-4-11-15(13)14;1-7-5-3-2-4-6-7/h1-4,6-7,10-11H,8H2;2-6H,1H3. The molecule has 1 aliphatic carbocycles. The van der Waals surface area contributed by atoms with Crippen molar-refractivity contribution >= 4 is 0 Å². The zero-order valence-electron chi connectivity index (χ0n) is 12.7. The molecule has 4 rings (SSSR count). The van der Waals surface area contributed by atoms with Gasteiger partial charge in [-0.25, -0.2) is 0 Å². The van der Waals surface area contributed by atoms with Crippen molar-refractivity contribution in [2.24, 2.45) is 0 Å². The molecule has 0 unspecified atom stereocenters. The molecule has 3 aromatic carbocycles. The van der Waals surface area contributed by atoms with Crippen LogP contribution in [0.3, 0.4) is 0 Å². The van der Waals surface area contributed by atoms with Gasteiger partial charge in [0.25, 0.3) is 0 Å². The first-order valence-electron chi connectivity index (χ1n) is 7.52. The second-order valence-electron chi connectivity index (χ2n) is 5.34. The summed E-state index contributed by atoms with van der Waals surface area (Å²) in [5.41, 5.74) is 6.36. The molecule has 3 aromatic rings. The molecule has 0 heterocycles. The lowest BCUT2D eigenvalue weighted by atomic mass is 9.96. The fourth-order valence-electron chi connectivity index (χ4n) is 2.53. The Labute approximate surface area is 132 Å². The van der Waals surface area contributed by atoms with Crippen LogP contribution in [0.4, 0.5) is 0 Å². The molecule has 106 valence electrons. The van der Waals surface area contributed by atoms with Crippen LogP contribution in [0.5, 0.6) is 0 Å². The first kappa shape index (κ1) is 14.2. The van der Waals surface area contributed by atoms with Crippen molar-refractivity contribution in [3.63, 3.8) is 0 Å². The molecule has 0 aromatic heterocycles. The fourth-order valence-corrected chi connectivity index (χ4v) is 2.53. The van der Waals surface area contributed by atoms with E-state index < -0.39 is 0 Å². The van der Waals surface area contributed by atoms with Crippen molar-refractivity contribution in [3.8, 4) is 23.0 Å². The molecule has 0 spiro atoms. The van der Waals surface area contributed by atoms with E-state index in [0.717, 1.165) is 12.0 Å². The minimum Gasteiger partial charge on any atom is -0.0931 e. The highest BCUT2D eigenvalue weighted by Gasteiger charge is 2.08. The van der Waals surface area contributed by atoms with Gasteiger partial charge >= 0.3 is 0 Å². The van der Waals surface area contributed by atoms with Gasteiger partial charge in [0, 0.05) is 12.0 Å². The molecule has 0 amide bonds. The fraction of sp³-hybridized carbons (Fsp3) is 0.0909. The van der Waals surface area contributed by atoms with Gasteiger partial charge in [0.1, 0.15) is 0 Å². The number of hydrogen-bond donors (Lipinski definition) is 0. The Morgan fingerprint density at radius 1 is 0.682 bits per heavy atom. The van der Waals surface area contributed by atoms with Gasteiger partial charge in [0.2, 0.25) is 0 Å². The van der Waals surface area contributed by atoms with Crippen LogP contribution in [-0.4, -0.2) is 0 Å². The average molecular weight is 282 g/mol. The maximum atomic E-state index is 3.22. The third-order valence-corrected chi connectivity index (χ3v) is 3.68. The normalized spacial score (nSPS) is 10.8. The summed E-state index contributed by atoms with van der Waals surface area (Å²) < 4.78 is 0. The molecule has 0 atom stereocenters. The minimum absolute atomic E-state index is 0.852. The Kier molecular flexibility index (Phi) is 4.37. The zero-order valence-corrected chi connectivity index (χ0v) is 12.7. The summed E-state index contributed by atoms with van der Waals surface area (Å²) in [4.78, 5) is 0. The maximum Gasteiger partial charge on any atom is 0.0350 e. The first-order chi connectivity index (χ1) is 10.8. The molecule has 0 fully saturated rings. The van der Waals surface area contributed by atoms with E-state index in [9.17, 15) is 0 Å². The highest BCUT2D eigenvalue weighted by Crippen LogP contribution is 2.28. The first-order valence-corrected chi connectivity index (χ1v) is 7.52. The van der Waals surface area contributed by atoms with Crippen molar-refractivity contribution < 1.29 is 0 Å². The Morgan fingerprint density at radius 3 is 2.05 bits per heavy atom. The molecular formula is C22H18. The van der Waals surface area contributed by atoms with E-state index in [1.54, 1.807) is 0 Å². The van der Waals surface area contributed by atoms with Crippen molar-refractivity contribution in [2.45, 2.75) is 13.3 Å². The van der Waals surface area contributed by atoms with E-state index in [-0.39, 0.29) is 0 Å². The highest BCUT2D eigenvalue weighted by molar-refractivity contribution is 5.75. The molecule has 22 heavy (non-hydrogen) atoms. The topological polar surface area (TPSA) is 0 Å². The van der Waals surface area contributed by atoms with Gasteiger partial charge < -0.3 is 0 Å². The molecule has 0 bridgehead atoms. The number of fused-ring (bicyclic) bond motifs is 3. The predicted octanol–water partition coefficient (Wildman–Crippen LogP) is 5.26. The summed E-state index contributed by atoms with van der Waals surface area (Å²) >= 11 is 0. The Bertz CT molecular complexity index is 817. The second-order valence-corrected chi connectivity index (χ2v) is 5.34. The molecular weight excluding hydrogens is 264 g/mol. The number of benzene rings is 3. The van der Waals surface area contributed by atoms with Gasteiger partial charge in [-0.1, -0.05) is 90.2 Å². The highest BCUT2D eigenvalue weighted by atomic mass is 14.1. The number of hydrogen-bond acceptors (Lipinski definition) is 0. The smallest absolute Gasteiger partial charge is 0.0350 e. The van der Waals surface area contributed by atoms with Crippen LogP contribution in [-0.2, 0) is 6.42 Å². The van der Waals surface area contributed by atoms with Gasteiger partial charge in [0.15, 0.2) is 0 Å². The quantitative estimate of drug-likeness (QED) is 0.494. The van der Waals surface area contributed by atoms with E-state index in [1.807, 2.05) is 24.3 Å². The van der Waals surface area contributed by atoms with Crippen LogP contribution < -0.4 is 0 Å². The molecule has 0 heteroatoms. The van der Waals surface area contributed by atoms with Crippen molar-refractivity contribution in [3.05, 3.63) is 95.6 Å². The lowest BCUT2D eigenvalue weighted by molar-refractivity contribution is 1.33. The molecule has 0 aliphatic heterocycles. The third kappa shape index (κ3) is 3.27. The number of aryl methyl sites for hydroxylation is 1. The van der Waals surface area contributed by atoms with Crippen LogP contribution in [0.25, 0.3) is 11.1 Å². The summed E-state index contributed by atoms with van der Waals surface area (Å²) in [6.07, 6.45) is 0.852. The lowest BCUT2D eigenvalue weighted by Crippen LogP contribution is -1.87. The summed E-state index contributed by atoms with van der Waals surface area (Å²) in [5, 5.41) is 0. The molecule has 0 N–H and O–H groups in total. The minimum atomic E-state index is 0.852. The summed E-state index contributed by atoms with van der Waals surface area (Å²) in [5.74, 6) is 6.43. The van der Waals surface area contributed by atoms with Gasteiger partial charge in [-0.15, -0.1) is 0 Å². The van der Waals surface area contributed by atoms with Crippen LogP contribution in [0.15, 0.2) is 78.9 Å². The van der Waals surface area contributed by atoms with Gasteiger partial charge in [-0.05, 0) is 29.7 Å². The molecule has 0 nitrogen and oxygen atoms in total. The Morgan fingerprint density at radius 2 is 1.32 bits per heavy atom. The second kappa shape index (κ2) is 6.78. The van der Waals surface area contributed by atoms with Crippen LogP contribution in [0.1, 0.15) is 16.7 Å². The monoisotopic (exact) mass is 282 g/mol. The van der Waals surface area contributed by atoms with E-state index >= 15 is 0 Å². The zero-order chi connectivity index (χ0) is 15.2. The Balaban J connectivity index is 0.000000174. The van der Waals surface area contributed by atoms with Gasteiger partial charge in [-0.3, -0.25) is 0 Å².